The topological polar surface area (TPSA) is 60.7 Å². The Morgan fingerprint density at radius 2 is 1.94 bits per heavy atom. The molecule has 0 amide bonds. The first-order valence-corrected chi connectivity index (χ1v) is 12.5. The van der Waals surface area contributed by atoms with E-state index in [1.807, 2.05) is 19.9 Å². The highest BCUT2D eigenvalue weighted by molar-refractivity contribution is 5.38. The Morgan fingerprint density at radius 3 is 2.61 bits per heavy atom. The van der Waals surface area contributed by atoms with E-state index in [0.717, 1.165) is 18.4 Å². The fourth-order valence-corrected chi connectivity index (χ4v) is 6.64. The van der Waals surface area contributed by atoms with Crippen molar-refractivity contribution in [1.29, 1.82) is 0 Å². The molecule has 3 heteroatoms. The van der Waals surface area contributed by atoms with Crippen LogP contribution in [-0.4, -0.2) is 33.1 Å². The van der Waals surface area contributed by atoms with Crippen molar-refractivity contribution in [2.75, 3.05) is 0 Å². The maximum Gasteiger partial charge on any atom is 0.0811 e. The molecule has 31 heavy (non-hydrogen) atoms. The van der Waals surface area contributed by atoms with E-state index in [1.54, 1.807) is 0 Å². The van der Waals surface area contributed by atoms with Gasteiger partial charge >= 0.3 is 0 Å². The third-order valence-electron chi connectivity index (χ3n) is 9.10. The van der Waals surface area contributed by atoms with Crippen LogP contribution < -0.4 is 0 Å². The Balaban J connectivity index is 1.73. The summed E-state index contributed by atoms with van der Waals surface area (Å²) in [6.07, 6.45) is 10.6. The van der Waals surface area contributed by atoms with Gasteiger partial charge in [0, 0.05) is 6.42 Å². The second kappa shape index (κ2) is 9.53. The first-order chi connectivity index (χ1) is 14.8. The van der Waals surface area contributed by atoms with E-state index in [4.69, 9.17) is 1.37 Å². The highest BCUT2D eigenvalue weighted by Gasteiger charge is 2.50. The zero-order valence-electron chi connectivity index (χ0n) is 21.5. The Hall–Kier alpha value is -0.900. The normalized spacial score (nSPS) is 41.9. The van der Waals surface area contributed by atoms with E-state index in [1.165, 1.54) is 37.7 Å². The molecule has 176 valence electrons. The Labute approximate surface area is 191 Å². The van der Waals surface area contributed by atoms with Gasteiger partial charge in [-0.25, -0.2) is 0 Å². The van der Waals surface area contributed by atoms with Crippen LogP contribution >= 0.6 is 0 Å². The Morgan fingerprint density at radius 1 is 1.23 bits per heavy atom. The fourth-order valence-electron chi connectivity index (χ4n) is 6.64. The molecule has 0 aliphatic heterocycles. The molecule has 3 saturated carbocycles. The van der Waals surface area contributed by atoms with Crippen LogP contribution in [0.3, 0.4) is 0 Å². The number of aliphatic hydroxyl groups is 3. The monoisotopic (exact) mass is 432 g/mol. The van der Waals surface area contributed by atoms with Gasteiger partial charge in [0.2, 0.25) is 0 Å². The van der Waals surface area contributed by atoms with Gasteiger partial charge in [-0.3, -0.25) is 0 Å². The highest BCUT2D eigenvalue weighted by atomic mass is 16.3. The summed E-state index contributed by atoms with van der Waals surface area (Å²) in [4.78, 5) is 0. The molecule has 0 aromatic carbocycles. The summed E-state index contributed by atoms with van der Waals surface area (Å²) < 4.78 is 8.07. The molecule has 3 fully saturated rings. The summed E-state index contributed by atoms with van der Waals surface area (Å²) in [7, 11) is 0. The van der Waals surface area contributed by atoms with Crippen LogP contribution in [0.5, 0.6) is 0 Å². The van der Waals surface area contributed by atoms with Crippen LogP contribution in [0.25, 0.3) is 0 Å². The quantitative estimate of drug-likeness (QED) is 0.486. The van der Waals surface area contributed by atoms with Crippen LogP contribution in [0.4, 0.5) is 0 Å². The largest absolute Gasteiger partial charge is 0.393 e. The molecule has 3 rings (SSSR count). The van der Waals surface area contributed by atoms with E-state index in [0.29, 0.717) is 41.1 Å². The van der Waals surface area contributed by atoms with Crippen molar-refractivity contribution in [2.45, 2.75) is 110 Å². The molecule has 3 N–H and O–H groups in total. The van der Waals surface area contributed by atoms with Crippen LogP contribution in [0.1, 0.15) is 93.8 Å². The second-order valence-corrected chi connectivity index (χ2v) is 11.6. The molecule has 0 bridgehead atoms. The molecule has 0 unspecified atom stereocenters. The smallest absolute Gasteiger partial charge is 0.0811 e. The number of hydrogen-bond donors (Lipinski definition) is 3. The maximum absolute atomic E-state index is 10.3. The van der Waals surface area contributed by atoms with Gasteiger partial charge in [-0.1, -0.05) is 51.5 Å². The molecular formula is C28H46O3. The predicted molar refractivity (Wildman–Crippen MR) is 129 cm³/mol. The Kier molecular flexibility index (Phi) is 7.15. The third-order valence-corrected chi connectivity index (χ3v) is 9.10. The summed E-state index contributed by atoms with van der Waals surface area (Å²) in [5, 5.41) is 30.7. The van der Waals surface area contributed by atoms with Crippen molar-refractivity contribution in [3.05, 3.63) is 35.5 Å². The molecule has 7 atom stereocenters. The molecule has 0 aromatic rings. The van der Waals surface area contributed by atoms with Gasteiger partial charge in [0.1, 0.15) is 0 Å². The van der Waals surface area contributed by atoms with Crippen molar-refractivity contribution < 1.29 is 16.7 Å². The number of hydrogen-bond acceptors (Lipinski definition) is 3. The van der Waals surface area contributed by atoms with E-state index in [-0.39, 0.29) is 6.42 Å². The van der Waals surface area contributed by atoms with Gasteiger partial charge in [0.25, 0.3) is 0 Å². The van der Waals surface area contributed by atoms with Gasteiger partial charge in [-0.15, -0.1) is 0 Å². The molecule has 0 heterocycles. The minimum atomic E-state index is -1.77. The van der Waals surface area contributed by atoms with E-state index < -0.39 is 17.8 Å². The summed E-state index contributed by atoms with van der Waals surface area (Å²) in [5.74, 6) is 2.25. The standard InChI is InChI=1S/C28H46O3/c1-18(9-10-19(2)27(4,5)31)24-13-14-25-21(8-7-15-28(24,25)6)11-12-22-16-23(29)17-26(30)20(22)3/h11-12,18-19,23-26,29-31H,3,7-10,13-17H2,1-2,4-6H3/b21-11+,22-12-/t18-,19+,23-,24-,25+,26+,28-/m1/s1/i26T. The fraction of sp³-hybridized carbons (Fsp3) is 0.786. The average Bonchev–Trinajstić information content (AvgIpc) is 3.04. The minimum Gasteiger partial charge on any atom is -0.393 e. The first kappa shape index (κ1) is 23.3. The molecular weight excluding hydrogens is 384 g/mol. The molecule has 0 aromatic heterocycles. The van der Waals surface area contributed by atoms with Crippen molar-refractivity contribution >= 4 is 0 Å². The lowest BCUT2D eigenvalue weighted by molar-refractivity contribution is 0.0150. The predicted octanol–water partition coefficient (Wildman–Crippen LogP) is 5.95. The highest BCUT2D eigenvalue weighted by Crippen LogP contribution is 2.60. The van der Waals surface area contributed by atoms with Crippen molar-refractivity contribution in [1.82, 2.24) is 0 Å². The summed E-state index contributed by atoms with van der Waals surface area (Å²) >= 11 is 0. The number of rotatable bonds is 6. The van der Waals surface area contributed by atoms with E-state index >= 15 is 0 Å². The van der Waals surface area contributed by atoms with Crippen LogP contribution in [0, 0.1) is 29.1 Å². The number of aliphatic hydroxyl groups excluding tert-OH is 1. The average molecular weight is 433 g/mol. The van der Waals surface area contributed by atoms with E-state index in [2.05, 4.69) is 33.4 Å². The molecule has 0 spiro atoms. The molecule has 0 saturated heterocycles. The second-order valence-electron chi connectivity index (χ2n) is 11.6. The lowest BCUT2D eigenvalue weighted by atomic mass is 9.60. The van der Waals surface area contributed by atoms with Crippen LogP contribution in [0.2, 0.25) is 0 Å². The van der Waals surface area contributed by atoms with Gasteiger partial charge in [-0.05, 0) is 99.0 Å². The zero-order chi connectivity index (χ0) is 23.9. The molecule has 3 aliphatic rings. The lowest BCUT2D eigenvalue weighted by Crippen LogP contribution is -2.36. The molecule has 3 aliphatic carbocycles. The van der Waals surface area contributed by atoms with Crippen molar-refractivity contribution in [3.8, 4) is 0 Å². The van der Waals surface area contributed by atoms with Gasteiger partial charge < -0.3 is 15.3 Å². The van der Waals surface area contributed by atoms with Crippen molar-refractivity contribution in [3.63, 3.8) is 0 Å². The SMILES string of the molecule is [3H][C@]1(O)C[C@H](O)C/C(=C/C=C2\CCC[C@]3(C)[C@@H]([C@H](C)CC[C@H](C)C(C)(C)O)CC[C@@H]23)C1=C. The summed E-state index contributed by atoms with van der Waals surface area (Å²) in [5.41, 5.74) is 2.44. The lowest BCUT2D eigenvalue weighted by Gasteiger charge is -2.44. The van der Waals surface area contributed by atoms with Gasteiger partial charge in [0.15, 0.2) is 0 Å². The maximum atomic E-state index is 10.3. The summed E-state index contributed by atoms with van der Waals surface area (Å²) in [6, 6.07) is 0. The number of fused-ring (bicyclic) bond motifs is 1. The minimum absolute atomic E-state index is 0.0338. The van der Waals surface area contributed by atoms with Gasteiger partial charge in [0.05, 0.1) is 19.2 Å². The van der Waals surface area contributed by atoms with E-state index in [9.17, 15) is 15.3 Å². The molecule has 3 nitrogen and oxygen atoms in total. The first-order valence-electron chi connectivity index (χ1n) is 13.0. The van der Waals surface area contributed by atoms with Crippen LogP contribution in [0.15, 0.2) is 35.5 Å². The van der Waals surface area contributed by atoms with Gasteiger partial charge in [-0.2, -0.15) is 0 Å². The zero-order valence-corrected chi connectivity index (χ0v) is 20.5. The Bertz CT molecular complexity index is 759. The van der Waals surface area contributed by atoms with Crippen molar-refractivity contribution in [2.24, 2.45) is 29.1 Å². The summed E-state index contributed by atoms with van der Waals surface area (Å²) in [6.45, 7) is 14.9. The number of allylic oxidation sites excluding steroid dienone is 3. The van der Waals surface area contributed by atoms with Crippen LogP contribution in [-0.2, 0) is 0 Å². The molecule has 0 radical (unpaired) electrons. The third kappa shape index (κ3) is 5.37.